The fourth-order valence-corrected chi connectivity index (χ4v) is 2.74. The number of benzene rings is 1. The number of nitrogens with one attached hydrogen (secondary N) is 1. The van der Waals surface area contributed by atoms with Gasteiger partial charge in [-0.1, -0.05) is 11.6 Å². The van der Waals surface area contributed by atoms with Crippen molar-refractivity contribution in [1.29, 1.82) is 0 Å². The molecule has 1 N–H and O–H groups in total. The topological polar surface area (TPSA) is 86.5 Å². The Balaban J connectivity index is 2.05. The van der Waals surface area contributed by atoms with Gasteiger partial charge in [0.05, 0.1) is 27.0 Å². The number of aromatic nitrogens is 2. The number of rotatable bonds is 6. The third kappa shape index (κ3) is 4.03. The van der Waals surface area contributed by atoms with Crippen LogP contribution in [0.4, 0.5) is 5.82 Å². The summed E-state index contributed by atoms with van der Waals surface area (Å²) in [5.74, 6) is 1.44. The lowest BCUT2D eigenvalue weighted by atomic mass is 10.1. The van der Waals surface area contributed by atoms with Gasteiger partial charge in [-0.15, -0.1) is 0 Å². The van der Waals surface area contributed by atoms with Crippen LogP contribution in [0, 0.1) is 6.92 Å². The van der Waals surface area contributed by atoms with E-state index in [4.69, 9.17) is 25.5 Å². The number of hydrogen-bond acceptors (Lipinski definition) is 7. The van der Waals surface area contributed by atoms with E-state index in [9.17, 15) is 4.79 Å². The normalized spacial score (nSPS) is 10.5. The van der Waals surface area contributed by atoms with Crippen molar-refractivity contribution in [2.24, 2.45) is 0 Å². The predicted molar refractivity (Wildman–Crippen MR) is 101 cm³/mol. The molecule has 2 heterocycles. The molecule has 0 fully saturated rings. The third-order valence-electron chi connectivity index (χ3n) is 3.91. The summed E-state index contributed by atoms with van der Waals surface area (Å²) in [7, 11) is 2.87. The van der Waals surface area contributed by atoms with Gasteiger partial charge in [-0.2, -0.15) is 0 Å². The summed E-state index contributed by atoms with van der Waals surface area (Å²) >= 11 is 6.33. The van der Waals surface area contributed by atoms with Crippen LogP contribution in [0.5, 0.6) is 5.75 Å². The minimum Gasteiger partial charge on any atom is -0.497 e. The first-order chi connectivity index (χ1) is 13.0. The maximum atomic E-state index is 12.1. The maximum Gasteiger partial charge on any atom is 0.358 e. The predicted octanol–water partition coefficient (Wildman–Crippen LogP) is 4.11. The number of halogens is 1. The smallest absolute Gasteiger partial charge is 0.358 e. The summed E-state index contributed by atoms with van der Waals surface area (Å²) in [5, 5.41) is 3.16. The van der Waals surface area contributed by atoms with Crippen LogP contribution in [0.2, 0.25) is 5.02 Å². The Morgan fingerprint density at radius 3 is 2.70 bits per heavy atom. The zero-order chi connectivity index (χ0) is 19.4. The lowest BCUT2D eigenvalue weighted by Gasteiger charge is -2.13. The van der Waals surface area contributed by atoms with Crippen LogP contribution in [0.3, 0.4) is 0 Å². The van der Waals surface area contributed by atoms with Gasteiger partial charge in [0.2, 0.25) is 0 Å². The number of aryl methyl sites for hydroxylation is 1. The Kier molecular flexibility index (Phi) is 5.61. The van der Waals surface area contributed by atoms with Crippen LogP contribution in [-0.2, 0) is 11.3 Å². The highest BCUT2D eigenvalue weighted by Gasteiger charge is 2.21. The fraction of sp³-hybridized carbons (Fsp3) is 0.211. The lowest BCUT2D eigenvalue weighted by Crippen LogP contribution is -2.11. The van der Waals surface area contributed by atoms with Crippen molar-refractivity contribution in [2.75, 3.05) is 19.5 Å². The van der Waals surface area contributed by atoms with E-state index in [0.29, 0.717) is 23.9 Å². The molecule has 0 aliphatic heterocycles. The van der Waals surface area contributed by atoms with Crippen molar-refractivity contribution >= 4 is 23.4 Å². The van der Waals surface area contributed by atoms with E-state index in [0.717, 1.165) is 16.9 Å². The summed E-state index contributed by atoms with van der Waals surface area (Å²) in [6.45, 7) is 2.26. The highest BCUT2D eigenvalue weighted by molar-refractivity contribution is 6.35. The molecule has 0 aliphatic rings. The van der Waals surface area contributed by atoms with Gasteiger partial charge in [-0.25, -0.2) is 14.8 Å². The standard InChI is InChI=1S/C19H18ClN3O4/c1-11-9-12(25-2)6-7-14(11)17-22-16(19(24)26-3)15(20)18(23-17)21-10-13-5-4-8-27-13/h4-9H,10H2,1-3H3,(H,21,22,23). The molecule has 3 rings (SSSR count). The lowest BCUT2D eigenvalue weighted by molar-refractivity contribution is 0.0594. The van der Waals surface area contributed by atoms with Gasteiger partial charge in [0.1, 0.15) is 22.4 Å². The van der Waals surface area contributed by atoms with E-state index < -0.39 is 5.97 Å². The van der Waals surface area contributed by atoms with E-state index in [1.165, 1.54) is 7.11 Å². The van der Waals surface area contributed by atoms with Crippen LogP contribution in [0.25, 0.3) is 11.4 Å². The Bertz CT molecular complexity index is 958. The van der Waals surface area contributed by atoms with Gasteiger partial charge >= 0.3 is 5.97 Å². The first-order valence-corrected chi connectivity index (χ1v) is 8.48. The van der Waals surface area contributed by atoms with E-state index in [1.807, 2.05) is 25.1 Å². The molecule has 8 heteroatoms. The molecular formula is C19H18ClN3O4. The number of nitrogens with zero attached hydrogens (tertiary/aromatic N) is 2. The summed E-state index contributed by atoms with van der Waals surface area (Å²) in [6.07, 6.45) is 1.57. The van der Waals surface area contributed by atoms with Crippen molar-refractivity contribution < 1.29 is 18.7 Å². The van der Waals surface area contributed by atoms with Gasteiger partial charge in [0.15, 0.2) is 11.5 Å². The number of esters is 1. The van der Waals surface area contributed by atoms with E-state index in [1.54, 1.807) is 25.5 Å². The van der Waals surface area contributed by atoms with Crippen molar-refractivity contribution in [3.05, 3.63) is 58.6 Å². The van der Waals surface area contributed by atoms with Crippen LogP contribution in [0.1, 0.15) is 21.8 Å². The second-order valence-electron chi connectivity index (χ2n) is 5.66. The number of carbonyl (C=O) groups is 1. The second-order valence-corrected chi connectivity index (χ2v) is 6.04. The molecule has 0 atom stereocenters. The molecule has 3 aromatic rings. The molecule has 2 aromatic heterocycles. The van der Waals surface area contributed by atoms with Crippen molar-refractivity contribution in [2.45, 2.75) is 13.5 Å². The van der Waals surface area contributed by atoms with Crippen LogP contribution in [-0.4, -0.2) is 30.2 Å². The molecule has 0 radical (unpaired) electrons. The summed E-state index contributed by atoms with van der Waals surface area (Å²) in [5.41, 5.74) is 1.63. The number of furan rings is 1. The molecule has 1 aromatic carbocycles. The number of methoxy groups -OCH3 is 2. The van der Waals surface area contributed by atoms with Crippen molar-refractivity contribution in [1.82, 2.24) is 9.97 Å². The van der Waals surface area contributed by atoms with E-state index in [2.05, 4.69) is 15.3 Å². The quantitative estimate of drug-likeness (QED) is 0.637. The number of hydrogen-bond donors (Lipinski definition) is 1. The second kappa shape index (κ2) is 8.09. The monoisotopic (exact) mass is 387 g/mol. The molecule has 0 saturated heterocycles. The number of anilines is 1. The average molecular weight is 388 g/mol. The highest BCUT2D eigenvalue weighted by atomic mass is 35.5. The minimum absolute atomic E-state index is 0.0127. The molecule has 0 saturated carbocycles. The molecule has 0 unspecified atom stereocenters. The van der Waals surface area contributed by atoms with Gasteiger partial charge < -0.3 is 19.2 Å². The molecule has 0 spiro atoms. The first-order valence-electron chi connectivity index (χ1n) is 8.10. The van der Waals surface area contributed by atoms with Gasteiger partial charge in [-0.05, 0) is 42.8 Å². The first kappa shape index (κ1) is 18.7. The number of carbonyl (C=O) groups excluding carboxylic acids is 1. The minimum atomic E-state index is -0.643. The van der Waals surface area contributed by atoms with Gasteiger partial charge in [-0.3, -0.25) is 0 Å². The molecule has 27 heavy (non-hydrogen) atoms. The maximum absolute atomic E-state index is 12.1. The molecule has 0 amide bonds. The summed E-state index contributed by atoms with van der Waals surface area (Å²) in [6, 6.07) is 9.09. The largest absolute Gasteiger partial charge is 0.497 e. The van der Waals surface area contributed by atoms with E-state index >= 15 is 0 Å². The Morgan fingerprint density at radius 1 is 1.26 bits per heavy atom. The average Bonchev–Trinajstić information content (AvgIpc) is 3.20. The molecular weight excluding hydrogens is 370 g/mol. The SMILES string of the molecule is COC(=O)c1nc(-c2ccc(OC)cc2C)nc(NCc2ccco2)c1Cl. The molecule has 0 bridgehead atoms. The summed E-state index contributed by atoms with van der Waals surface area (Å²) < 4.78 is 15.3. The fourth-order valence-electron chi connectivity index (χ4n) is 2.51. The Morgan fingerprint density at radius 2 is 2.07 bits per heavy atom. The van der Waals surface area contributed by atoms with Crippen LogP contribution < -0.4 is 10.1 Å². The third-order valence-corrected chi connectivity index (χ3v) is 4.27. The van der Waals surface area contributed by atoms with Crippen LogP contribution >= 0.6 is 11.6 Å². The highest BCUT2D eigenvalue weighted by Crippen LogP contribution is 2.30. The van der Waals surface area contributed by atoms with E-state index in [-0.39, 0.29) is 10.7 Å². The molecule has 140 valence electrons. The Hall–Kier alpha value is -3.06. The van der Waals surface area contributed by atoms with Crippen molar-refractivity contribution in [3.8, 4) is 17.1 Å². The Labute approximate surface area is 161 Å². The van der Waals surface area contributed by atoms with Crippen molar-refractivity contribution in [3.63, 3.8) is 0 Å². The van der Waals surface area contributed by atoms with Crippen LogP contribution in [0.15, 0.2) is 41.0 Å². The summed E-state index contributed by atoms with van der Waals surface area (Å²) in [4.78, 5) is 20.9. The van der Waals surface area contributed by atoms with Gasteiger partial charge in [0, 0.05) is 5.56 Å². The van der Waals surface area contributed by atoms with Gasteiger partial charge in [0.25, 0.3) is 0 Å². The molecule has 0 aliphatic carbocycles. The molecule has 7 nitrogen and oxygen atoms in total. The number of ether oxygens (including phenoxy) is 2. The zero-order valence-corrected chi connectivity index (χ0v) is 15.8. The zero-order valence-electron chi connectivity index (χ0n) is 15.1.